The Labute approximate surface area is 147 Å². The number of fused-ring (bicyclic) bond motifs is 5. The van der Waals surface area contributed by atoms with Gasteiger partial charge in [-0.2, -0.15) is 0 Å². The van der Waals surface area contributed by atoms with Crippen molar-refractivity contribution >= 4 is 6.29 Å². The lowest BCUT2D eigenvalue weighted by molar-refractivity contribution is -0.168. The highest BCUT2D eigenvalue weighted by molar-refractivity contribution is 5.56. The maximum Gasteiger partial charge on any atom is 0.125 e. The summed E-state index contributed by atoms with van der Waals surface area (Å²) < 4.78 is 0. The molecule has 1 N–H and O–H groups in total. The molecule has 0 amide bonds. The minimum absolute atomic E-state index is 0.0492. The van der Waals surface area contributed by atoms with E-state index in [-0.39, 0.29) is 11.3 Å². The summed E-state index contributed by atoms with van der Waals surface area (Å²) in [6.07, 6.45) is 13.9. The molecule has 8 atom stereocenters. The van der Waals surface area contributed by atoms with Crippen LogP contribution in [0.25, 0.3) is 0 Å². The first kappa shape index (κ1) is 17.1. The highest BCUT2D eigenvalue weighted by atomic mass is 16.3. The number of carbonyl (C=O) groups is 1. The van der Waals surface area contributed by atoms with Gasteiger partial charge >= 0.3 is 0 Å². The molecule has 0 aromatic rings. The average Bonchev–Trinajstić information content (AvgIpc) is 2.86. The van der Waals surface area contributed by atoms with Gasteiger partial charge in [0.05, 0.1) is 5.60 Å². The Hall–Kier alpha value is -0.370. The zero-order valence-corrected chi connectivity index (χ0v) is 15.9. The van der Waals surface area contributed by atoms with Crippen LogP contribution in [0.3, 0.4) is 0 Å². The Balaban J connectivity index is 1.65. The predicted octanol–water partition coefficient (Wildman–Crippen LogP) is 4.99. The third-order valence-electron chi connectivity index (χ3n) is 9.76. The molecule has 0 aromatic carbocycles. The van der Waals surface area contributed by atoms with Crippen LogP contribution in [0.1, 0.15) is 85.0 Å². The molecular weight excluding hydrogens is 296 g/mol. The monoisotopic (exact) mass is 332 g/mol. The van der Waals surface area contributed by atoms with Crippen molar-refractivity contribution in [3.05, 3.63) is 0 Å². The summed E-state index contributed by atoms with van der Waals surface area (Å²) >= 11 is 0. The van der Waals surface area contributed by atoms with Crippen LogP contribution in [0.2, 0.25) is 0 Å². The quantitative estimate of drug-likeness (QED) is 0.724. The standard InChI is InChI=1S/C22H36O2/c1-15(14-23)22(24)13-10-19-17-8-7-16-6-4-5-11-20(16,2)18(17)9-12-21(19,22)3/h14-19,24H,4-13H2,1-3H3/t15?,16?,17-,18+,19+,20+,21+,22+/m1/s1. The van der Waals surface area contributed by atoms with Crippen LogP contribution >= 0.6 is 0 Å². The van der Waals surface area contributed by atoms with Crippen molar-refractivity contribution in [3.63, 3.8) is 0 Å². The molecule has 4 aliphatic rings. The molecule has 0 spiro atoms. The Morgan fingerprint density at radius 3 is 2.46 bits per heavy atom. The summed E-state index contributed by atoms with van der Waals surface area (Å²) in [6.45, 7) is 6.85. The van der Waals surface area contributed by atoms with Crippen LogP contribution in [-0.4, -0.2) is 17.0 Å². The van der Waals surface area contributed by atoms with Crippen LogP contribution in [0, 0.1) is 40.4 Å². The lowest BCUT2D eigenvalue weighted by atomic mass is 9.44. The molecule has 4 fully saturated rings. The van der Waals surface area contributed by atoms with Gasteiger partial charge in [0, 0.05) is 11.3 Å². The lowest BCUT2D eigenvalue weighted by Crippen LogP contribution is -2.57. The number of hydrogen-bond acceptors (Lipinski definition) is 2. The first-order valence-electron chi connectivity index (χ1n) is 10.5. The zero-order chi connectivity index (χ0) is 17.2. The fourth-order valence-corrected chi connectivity index (χ4v) is 8.21. The van der Waals surface area contributed by atoms with Crippen molar-refractivity contribution in [2.45, 2.75) is 90.6 Å². The number of rotatable bonds is 2. The minimum Gasteiger partial charge on any atom is -0.389 e. The van der Waals surface area contributed by atoms with Crippen LogP contribution in [0.5, 0.6) is 0 Å². The molecule has 0 saturated heterocycles. The second-order valence-corrected chi connectivity index (χ2v) is 10.2. The second-order valence-electron chi connectivity index (χ2n) is 10.2. The van der Waals surface area contributed by atoms with Gasteiger partial charge in [0.15, 0.2) is 0 Å². The Morgan fingerprint density at radius 2 is 1.71 bits per heavy atom. The third-order valence-corrected chi connectivity index (χ3v) is 9.76. The van der Waals surface area contributed by atoms with Gasteiger partial charge in [-0.1, -0.05) is 33.6 Å². The van der Waals surface area contributed by atoms with Crippen LogP contribution in [0.15, 0.2) is 0 Å². The normalized spacial score (nSPS) is 55.2. The van der Waals surface area contributed by atoms with Crippen molar-refractivity contribution < 1.29 is 9.90 Å². The minimum atomic E-state index is -0.769. The molecule has 24 heavy (non-hydrogen) atoms. The van der Waals surface area contributed by atoms with Crippen molar-refractivity contribution in [2.24, 2.45) is 40.4 Å². The van der Waals surface area contributed by atoms with E-state index in [2.05, 4.69) is 13.8 Å². The number of hydrogen-bond donors (Lipinski definition) is 1. The van der Waals surface area contributed by atoms with Crippen molar-refractivity contribution in [3.8, 4) is 0 Å². The SMILES string of the molecule is CC(C=O)[C@@]1(O)CC[C@H]2[C@@H]3CCC4CCCC[C@]4(C)[C@H]3CC[C@@]21C. The molecule has 4 saturated carbocycles. The van der Waals surface area contributed by atoms with Gasteiger partial charge in [-0.3, -0.25) is 0 Å². The van der Waals surface area contributed by atoms with E-state index in [0.717, 1.165) is 43.3 Å². The van der Waals surface area contributed by atoms with Crippen molar-refractivity contribution in [1.82, 2.24) is 0 Å². The summed E-state index contributed by atoms with van der Waals surface area (Å²) in [5.74, 6) is 3.00. The Bertz CT molecular complexity index is 516. The van der Waals surface area contributed by atoms with E-state index in [1.165, 1.54) is 44.9 Å². The average molecular weight is 333 g/mol. The number of aldehydes is 1. The smallest absolute Gasteiger partial charge is 0.125 e. The van der Waals surface area contributed by atoms with E-state index in [9.17, 15) is 9.90 Å². The summed E-state index contributed by atoms with van der Waals surface area (Å²) in [7, 11) is 0. The fraction of sp³-hybridized carbons (Fsp3) is 0.955. The van der Waals surface area contributed by atoms with Gasteiger partial charge in [-0.05, 0) is 80.5 Å². The van der Waals surface area contributed by atoms with E-state index < -0.39 is 5.60 Å². The van der Waals surface area contributed by atoms with E-state index >= 15 is 0 Å². The van der Waals surface area contributed by atoms with E-state index in [1.54, 1.807) is 0 Å². The van der Waals surface area contributed by atoms with Gasteiger partial charge in [0.1, 0.15) is 6.29 Å². The van der Waals surface area contributed by atoms with Crippen molar-refractivity contribution in [1.29, 1.82) is 0 Å². The van der Waals surface area contributed by atoms with Crippen molar-refractivity contribution in [2.75, 3.05) is 0 Å². The molecular formula is C22H36O2. The van der Waals surface area contributed by atoms with Crippen LogP contribution < -0.4 is 0 Å². The van der Waals surface area contributed by atoms with E-state index in [0.29, 0.717) is 11.3 Å². The van der Waals surface area contributed by atoms with E-state index in [4.69, 9.17) is 0 Å². The van der Waals surface area contributed by atoms with Gasteiger partial charge in [-0.25, -0.2) is 0 Å². The summed E-state index contributed by atoms with van der Waals surface area (Å²) in [6, 6.07) is 0. The molecule has 4 aliphatic carbocycles. The highest BCUT2D eigenvalue weighted by Gasteiger charge is 2.65. The van der Waals surface area contributed by atoms with Crippen LogP contribution in [-0.2, 0) is 4.79 Å². The molecule has 0 aliphatic heterocycles. The largest absolute Gasteiger partial charge is 0.389 e. The summed E-state index contributed by atoms with van der Waals surface area (Å²) in [5, 5.41) is 11.5. The zero-order valence-electron chi connectivity index (χ0n) is 15.9. The molecule has 2 nitrogen and oxygen atoms in total. The first-order chi connectivity index (χ1) is 11.4. The molecule has 0 heterocycles. The number of carbonyl (C=O) groups excluding carboxylic acids is 1. The topological polar surface area (TPSA) is 37.3 Å². The summed E-state index contributed by atoms with van der Waals surface area (Å²) in [5.41, 5.74) is -0.263. The number of aliphatic hydroxyl groups is 1. The molecule has 0 aromatic heterocycles. The molecule has 0 bridgehead atoms. The Kier molecular flexibility index (Phi) is 3.95. The molecule has 4 rings (SSSR count). The Morgan fingerprint density at radius 1 is 0.958 bits per heavy atom. The predicted molar refractivity (Wildman–Crippen MR) is 96.5 cm³/mol. The molecule has 0 radical (unpaired) electrons. The molecule has 136 valence electrons. The molecule has 2 heteroatoms. The van der Waals surface area contributed by atoms with Gasteiger partial charge < -0.3 is 9.90 Å². The van der Waals surface area contributed by atoms with Crippen LogP contribution in [0.4, 0.5) is 0 Å². The van der Waals surface area contributed by atoms with Gasteiger partial charge in [0.25, 0.3) is 0 Å². The first-order valence-corrected chi connectivity index (χ1v) is 10.5. The highest BCUT2D eigenvalue weighted by Crippen LogP contribution is 2.69. The lowest BCUT2D eigenvalue weighted by Gasteiger charge is -2.61. The fourth-order valence-electron chi connectivity index (χ4n) is 8.21. The van der Waals surface area contributed by atoms with E-state index in [1.807, 2.05) is 6.92 Å². The van der Waals surface area contributed by atoms with Gasteiger partial charge in [-0.15, -0.1) is 0 Å². The third kappa shape index (κ3) is 2.01. The summed E-state index contributed by atoms with van der Waals surface area (Å²) in [4.78, 5) is 11.5. The molecule has 2 unspecified atom stereocenters. The van der Waals surface area contributed by atoms with Gasteiger partial charge in [0.2, 0.25) is 0 Å². The maximum atomic E-state index is 11.5. The second kappa shape index (κ2) is 5.56. The maximum absolute atomic E-state index is 11.5.